The van der Waals surface area contributed by atoms with Crippen molar-refractivity contribution in [2.24, 2.45) is 5.73 Å². The lowest BCUT2D eigenvalue weighted by Gasteiger charge is -2.48. The number of amides is 1. The molecule has 6 heteroatoms. The van der Waals surface area contributed by atoms with Crippen LogP contribution in [0.15, 0.2) is 0 Å². The van der Waals surface area contributed by atoms with Gasteiger partial charge in [-0.25, -0.2) is 0 Å². The molecular formula is C17H31N3O3. The number of likely N-dealkylation sites (tertiary alicyclic amines) is 2. The molecule has 0 spiro atoms. The largest absolute Gasteiger partial charge is 0.376 e. The van der Waals surface area contributed by atoms with Gasteiger partial charge in [-0.15, -0.1) is 0 Å². The first-order valence-corrected chi connectivity index (χ1v) is 9.17. The van der Waals surface area contributed by atoms with Crippen LogP contribution in [0.4, 0.5) is 0 Å². The van der Waals surface area contributed by atoms with Gasteiger partial charge in [0.2, 0.25) is 5.91 Å². The molecule has 3 heterocycles. The molecule has 0 aromatic carbocycles. The Morgan fingerprint density at radius 1 is 1.09 bits per heavy atom. The summed E-state index contributed by atoms with van der Waals surface area (Å²) in [5.41, 5.74) is 5.43. The third kappa shape index (κ3) is 4.05. The first-order chi connectivity index (χ1) is 11.2. The number of hydrogen-bond acceptors (Lipinski definition) is 5. The van der Waals surface area contributed by atoms with Gasteiger partial charge in [-0.1, -0.05) is 6.42 Å². The molecule has 1 amide bonds. The average Bonchev–Trinajstić information content (AvgIpc) is 2.62. The average molecular weight is 325 g/mol. The molecule has 3 rings (SSSR count). The van der Waals surface area contributed by atoms with Gasteiger partial charge in [0.1, 0.15) is 5.54 Å². The molecule has 0 radical (unpaired) electrons. The number of nitrogens with zero attached hydrogens (tertiary/aromatic N) is 2. The Balaban J connectivity index is 1.49. The molecule has 0 aromatic rings. The highest BCUT2D eigenvalue weighted by Gasteiger charge is 2.44. The van der Waals surface area contributed by atoms with E-state index in [2.05, 4.69) is 9.80 Å². The second-order valence-electron chi connectivity index (χ2n) is 7.14. The Kier molecular flexibility index (Phi) is 5.91. The maximum atomic E-state index is 12.2. The number of rotatable bonds is 5. The van der Waals surface area contributed by atoms with Crippen molar-refractivity contribution in [3.05, 3.63) is 0 Å². The molecule has 0 aliphatic carbocycles. The fraction of sp³-hybridized carbons (Fsp3) is 0.941. The van der Waals surface area contributed by atoms with Crippen LogP contribution in [0.3, 0.4) is 0 Å². The predicted octanol–water partition coefficient (Wildman–Crippen LogP) is 0.598. The highest BCUT2D eigenvalue weighted by Crippen LogP contribution is 2.31. The van der Waals surface area contributed by atoms with Crippen LogP contribution in [-0.2, 0) is 14.3 Å². The van der Waals surface area contributed by atoms with E-state index in [1.54, 1.807) is 0 Å². The van der Waals surface area contributed by atoms with Crippen molar-refractivity contribution in [3.63, 3.8) is 0 Å². The maximum absolute atomic E-state index is 12.2. The fourth-order valence-corrected chi connectivity index (χ4v) is 4.22. The van der Waals surface area contributed by atoms with E-state index in [4.69, 9.17) is 15.2 Å². The molecule has 2 N–H and O–H groups in total. The van der Waals surface area contributed by atoms with Gasteiger partial charge in [0.05, 0.1) is 25.9 Å². The molecule has 3 aliphatic heterocycles. The van der Waals surface area contributed by atoms with Crippen molar-refractivity contribution in [3.8, 4) is 0 Å². The second-order valence-corrected chi connectivity index (χ2v) is 7.14. The van der Waals surface area contributed by atoms with Gasteiger partial charge in [0.15, 0.2) is 0 Å². The minimum atomic E-state index is -0.401. The zero-order chi connectivity index (χ0) is 16.1. The summed E-state index contributed by atoms with van der Waals surface area (Å²) in [7, 11) is 0. The van der Waals surface area contributed by atoms with Crippen LogP contribution in [0.5, 0.6) is 0 Å². The Morgan fingerprint density at radius 2 is 1.83 bits per heavy atom. The summed E-state index contributed by atoms with van der Waals surface area (Å²) in [6.45, 7) is 7.11. The zero-order valence-corrected chi connectivity index (χ0v) is 14.2. The summed E-state index contributed by atoms with van der Waals surface area (Å²) in [6, 6.07) is 0. The van der Waals surface area contributed by atoms with E-state index in [0.717, 1.165) is 58.6 Å². The second kappa shape index (κ2) is 7.92. The van der Waals surface area contributed by atoms with E-state index in [1.165, 1.54) is 19.3 Å². The minimum Gasteiger partial charge on any atom is -0.376 e. The molecule has 23 heavy (non-hydrogen) atoms. The summed E-state index contributed by atoms with van der Waals surface area (Å²) in [5.74, 6) is -0.122. The van der Waals surface area contributed by atoms with Gasteiger partial charge in [0.25, 0.3) is 0 Å². The number of hydrogen-bond donors (Lipinski definition) is 1. The molecule has 0 bridgehead atoms. The molecule has 1 unspecified atom stereocenters. The standard InChI is InChI=1S/C17H31N3O3/c18-16(21)17(20-7-2-1-3-8-20)5-10-19(11-6-17)9-4-15-14-22-12-13-23-15/h15H,1-14H2,(H2,18,21). The summed E-state index contributed by atoms with van der Waals surface area (Å²) in [6.07, 6.45) is 6.63. The zero-order valence-electron chi connectivity index (χ0n) is 14.2. The number of ether oxygens (including phenoxy) is 2. The van der Waals surface area contributed by atoms with E-state index in [0.29, 0.717) is 13.2 Å². The molecule has 3 saturated heterocycles. The lowest BCUT2D eigenvalue weighted by molar-refractivity contribution is -0.135. The Bertz CT molecular complexity index is 385. The molecule has 1 atom stereocenters. The van der Waals surface area contributed by atoms with E-state index < -0.39 is 5.54 Å². The molecule has 6 nitrogen and oxygen atoms in total. The van der Waals surface area contributed by atoms with Gasteiger partial charge in [0, 0.05) is 19.6 Å². The number of primary amides is 1. The minimum absolute atomic E-state index is 0.122. The fourth-order valence-electron chi connectivity index (χ4n) is 4.22. The van der Waals surface area contributed by atoms with E-state index in [9.17, 15) is 4.79 Å². The smallest absolute Gasteiger partial charge is 0.238 e. The third-order valence-corrected chi connectivity index (χ3v) is 5.76. The van der Waals surface area contributed by atoms with Gasteiger partial charge >= 0.3 is 0 Å². The van der Waals surface area contributed by atoms with Crippen molar-refractivity contribution in [1.82, 2.24) is 9.80 Å². The lowest BCUT2D eigenvalue weighted by atomic mass is 9.83. The monoisotopic (exact) mass is 325 g/mol. The lowest BCUT2D eigenvalue weighted by Crippen LogP contribution is -2.63. The summed E-state index contributed by atoms with van der Waals surface area (Å²) >= 11 is 0. The third-order valence-electron chi connectivity index (χ3n) is 5.76. The van der Waals surface area contributed by atoms with Crippen LogP contribution in [-0.4, -0.2) is 79.9 Å². The van der Waals surface area contributed by atoms with Crippen molar-refractivity contribution in [2.45, 2.75) is 50.2 Å². The maximum Gasteiger partial charge on any atom is 0.238 e. The summed E-state index contributed by atoms with van der Waals surface area (Å²) in [5, 5.41) is 0. The van der Waals surface area contributed by atoms with Gasteiger partial charge in [-0.2, -0.15) is 0 Å². The molecule has 0 saturated carbocycles. The Labute approximate surface area is 139 Å². The topological polar surface area (TPSA) is 68.0 Å². The van der Waals surface area contributed by atoms with Crippen LogP contribution < -0.4 is 5.73 Å². The Hall–Kier alpha value is -0.690. The molecular weight excluding hydrogens is 294 g/mol. The van der Waals surface area contributed by atoms with Crippen LogP contribution >= 0.6 is 0 Å². The first-order valence-electron chi connectivity index (χ1n) is 9.17. The van der Waals surface area contributed by atoms with Crippen molar-refractivity contribution < 1.29 is 14.3 Å². The number of nitrogens with two attached hydrogens (primary N) is 1. The molecule has 3 aliphatic rings. The SMILES string of the molecule is NC(=O)C1(N2CCCCC2)CCN(CCC2COCCO2)CC1. The molecule has 0 aromatic heterocycles. The predicted molar refractivity (Wildman–Crippen MR) is 88.2 cm³/mol. The van der Waals surface area contributed by atoms with Crippen molar-refractivity contribution in [2.75, 3.05) is 52.5 Å². The van der Waals surface area contributed by atoms with Gasteiger partial charge in [-0.3, -0.25) is 9.69 Å². The summed E-state index contributed by atoms with van der Waals surface area (Å²) < 4.78 is 11.2. The van der Waals surface area contributed by atoms with Crippen molar-refractivity contribution >= 4 is 5.91 Å². The van der Waals surface area contributed by atoms with Crippen molar-refractivity contribution in [1.29, 1.82) is 0 Å². The van der Waals surface area contributed by atoms with Gasteiger partial charge < -0.3 is 20.1 Å². The Morgan fingerprint density at radius 3 is 2.43 bits per heavy atom. The first kappa shape index (κ1) is 17.1. The van der Waals surface area contributed by atoms with Crippen LogP contribution in [0.25, 0.3) is 0 Å². The summed E-state index contributed by atoms with van der Waals surface area (Å²) in [4.78, 5) is 17.0. The van der Waals surface area contributed by atoms with Crippen LogP contribution in [0.1, 0.15) is 38.5 Å². The quantitative estimate of drug-likeness (QED) is 0.802. The number of carbonyl (C=O) groups excluding carboxylic acids is 1. The highest BCUT2D eigenvalue weighted by atomic mass is 16.6. The van der Waals surface area contributed by atoms with Crippen LogP contribution in [0.2, 0.25) is 0 Å². The highest BCUT2D eigenvalue weighted by molar-refractivity contribution is 5.84. The number of piperidine rings is 2. The van der Waals surface area contributed by atoms with E-state index >= 15 is 0 Å². The van der Waals surface area contributed by atoms with Crippen LogP contribution in [0, 0.1) is 0 Å². The normalized spacial score (nSPS) is 30.2. The molecule has 132 valence electrons. The van der Waals surface area contributed by atoms with E-state index in [1.807, 2.05) is 0 Å². The number of carbonyl (C=O) groups is 1. The van der Waals surface area contributed by atoms with E-state index in [-0.39, 0.29) is 12.0 Å². The molecule has 3 fully saturated rings. The van der Waals surface area contributed by atoms with Gasteiger partial charge in [-0.05, 0) is 45.2 Å².